The molecule has 0 saturated carbocycles. The average molecular weight is 356 g/mol. The Labute approximate surface area is 132 Å². The van der Waals surface area contributed by atoms with Crippen LogP contribution in [0.4, 0.5) is 0 Å². The first-order valence-electron chi connectivity index (χ1n) is 6.33. The molecule has 0 aromatic heterocycles. The van der Waals surface area contributed by atoms with E-state index in [0.717, 1.165) is 15.6 Å². The van der Waals surface area contributed by atoms with Gasteiger partial charge in [-0.3, -0.25) is 0 Å². The van der Waals surface area contributed by atoms with E-state index in [1.165, 1.54) is 0 Å². The summed E-state index contributed by atoms with van der Waals surface area (Å²) < 4.78 is 0.871. The van der Waals surface area contributed by atoms with Crippen LogP contribution in [0.5, 0.6) is 0 Å². The molecule has 0 aliphatic heterocycles. The van der Waals surface area contributed by atoms with Crippen LogP contribution in [0.3, 0.4) is 0 Å². The lowest BCUT2D eigenvalue weighted by Crippen LogP contribution is -2.37. The van der Waals surface area contributed by atoms with Crippen molar-refractivity contribution in [1.82, 2.24) is 0 Å². The number of hydrogen-bond acceptors (Lipinski definition) is 2. The fourth-order valence-electron chi connectivity index (χ4n) is 2.32. The molecule has 0 unspecified atom stereocenters. The third-order valence-electron chi connectivity index (χ3n) is 3.54. The largest absolute Gasteiger partial charge is 0.395 e. The second-order valence-electron chi connectivity index (χ2n) is 4.84. The molecule has 0 heterocycles. The maximum atomic E-state index is 9.88. The summed E-state index contributed by atoms with van der Waals surface area (Å²) in [4.78, 5) is 0. The van der Waals surface area contributed by atoms with E-state index < -0.39 is 5.41 Å². The second-order valence-corrected chi connectivity index (χ2v) is 6.11. The minimum absolute atomic E-state index is 0.155. The summed E-state index contributed by atoms with van der Waals surface area (Å²) in [5.41, 5.74) is 1.03. The molecule has 2 aromatic carbocycles. The van der Waals surface area contributed by atoms with Gasteiger partial charge in [0, 0.05) is 14.9 Å². The molecule has 20 heavy (non-hydrogen) atoms. The van der Waals surface area contributed by atoms with Gasteiger partial charge in [0.1, 0.15) is 0 Å². The molecule has 0 saturated heterocycles. The topological polar surface area (TPSA) is 40.5 Å². The van der Waals surface area contributed by atoms with E-state index in [0.29, 0.717) is 11.4 Å². The van der Waals surface area contributed by atoms with Gasteiger partial charge in [0.2, 0.25) is 0 Å². The molecule has 0 spiro atoms. The highest BCUT2D eigenvalue weighted by Crippen LogP contribution is 2.34. The molecule has 0 radical (unpaired) electrons. The van der Waals surface area contributed by atoms with E-state index in [9.17, 15) is 10.2 Å². The van der Waals surface area contributed by atoms with Crippen molar-refractivity contribution >= 4 is 27.5 Å². The molecular formula is C16H16BrClO2. The molecular weight excluding hydrogens is 340 g/mol. The van der Waals surface area contributed by atoms with E-state index in [-0.39, 0.29) is 13.2 Å². The molecule has 0 bridgehead atoms. The average Bonchev–Trinajstić information content (AvgIpc) is 2.48. The number of halogens is 2. The van der Waals surface area contributed by atoms with Crippen LogP contribution in [-0.2, 0) is 11.8 Å². The number of hydrogen-bond donors (Lipinski definition) is 2. The van der Waals surface area contributed by atoms with Crippen molar-refractivity contribution in [3.05, 3.63) is 69.2 Å². The van der Waals surface area contributed by atoms with Crippen molar-refractivity contribution in [1.29, 1.82) is 0 Å². The third kappa shape index (κ3) is 3.07. The van der Waals surface area contributed by atoms with Gasteiger partial charge < -0.3 is 10.2 Å². The summed E-state index contributed by atoms with van der Waals surface area (Å²) in [7, 11) is 0. The van der Waals surface area contributed by atoms with Crippen LogP contribution < -0.4 is 0 Å². The zero-order valence-corrected chi connectivity index (χ0v) is 13.2. The fourth-order valence-corrected chi connectivity index (χ4v) is 3.23. The molecule has 0 atom stereocenters. The molecule has 106 valence electrons. The van der Waals surface area contributed by atoms with Crippen LogP contribution in [0.25, 0.3) is 0 Å². The van der Waals surface area contributed by atoms with Gasteiger partial charge in [0.15, 0.2) is 0 Å². The third-order valence-corrected chi connectivity index (χ3v) is 4.60. The van der Waals surface area contributed by atoms with Gasteiger partial charge in [-0.15, -0.1) is 0 Å². The first-order valence-corrected chi connectivity index (χ1v) is 7.50. The van der Waals surface area contributed by atoms with Gasteiger partial charge in [0.25, 0.3) is 0 Å². The van der Waals surface area contributed by atoms with E-state index in [1.807, 2.05) is 48.5 Å². The van der Waals surface area contributed by atoms with Crippen LogP contribution in [0.1, 0.15) is 11.1 Å². The second kappa shape index (κ2) is 6.72. The summed E-state index contributed by atoms with van der Waals surface area (Å²) >= 11 is 9.69. The van der Waals surface area contributed by atoms with Crippen LogP contribution in [0.15, 0.2) is 53.0 Å². The van der Waals surface area contributed by atoms with Gasteiger partial charge in [-0.2, -0.15) is 0 Å². The fraction of sp³-hybridized carbons (Fsp3) is 0.250. The van der Waals surface area contributed by atoms with Crippen LogP contribution in [0.2, 0.25) is 5.02 Å². The van der Waals surface area contributed by atoms with Crippen molar-refractivity contribution in [2.75, 3.05) is 13.2 Å². The van der Waals surface area contributed by atoms with Crippen molar-refractivity contribution in [3.8, 4) is 0 Å². The molecule has 2 N–H and O–H groups in total. The Balaban J connectivity index is 2.46. The summed E-state index contributed by atoms with van der Waals surface area (Å²) in [6.45, 7) is -0.311. The summed E-state index contributed by atoms with van der Waals surface area (Å²) in [6.07, 6.45) is 0.474. The molecule has 0 aliphatic rings. The Kier molecular flexibility index (Phi) is 5.22. The van der Waals surface area contributed by atoms with Crippen LogP contribution >= 0.6 is 27.5 Å². The van der Waals surface area contributed by atoms with E-state index in [4.69, 9.17) is 11.6 Å². The normalized spacial score (nSPS) is 11.6. The molecule has 0 amide bonds. The minimum atomic E-state index is -0.759. The summed E-state index contributed by atoms with van der Waals surface area (Å²) in [6, 6.07) is 15.1. The lowest BCUT2D eigenvalue weighted by molar-refractivity contribution is 0.116. The Morgan fingerprint density at radius 1 is 0.950 bits per heavy atom. The Morgan fingerprint density at radius 2 is 1.55 bits per heavy atom. The number of aliphatic hydroxyl groups is 2. The van der Waals surface area contributed by atoms with Crippen molar-refractivity contribution < 1.29 is 10.2 Å². The van der Waals surface area contributed by atoms with E-state index in [1.54, 1.807) is 0 Å². The first kappa shape index (κ1) is 15.5. The molecule has 2 rings (SSSR count). The standard InChI is InChI=1S/C16H16BrClO2/c17-14-7-3-2-6-13(14)16(10-19,11-20)9-12-5-1-4-8-15(12)18/h1-8,19-20H,9-11H2. The van der Waals surface area contributed by atoms with E-state index in [2.05, 4.69) is 15.9 Å². The quantitative estimate of drug-likeness (QED) is 0.861. The summed E-state index contributed by atoms with van der Waals surface area (Å²) in [5, 5.41) is 20.4. The molecule has 4 heteroatoms. The Bertz CT molecular complexity index is 582. The first-order chi connectivity index (χ1) is 9.63. The highest BCUT2D eigenvalue weighted by Gasteiger charge is 2.33. The maximum Gasteiger partial charge on any atom is 0.0553 e. The number of aliphatic hydroxyl groups excluding tert-OH is 2. The number of rotatable bonds is 5. The Hall–Kier alpha value is -0.870. The van der Waals surface area contributed by atoms with Gasteiger partial charge in [-0.25, -0.2) is 0 Å². The highest BCUT2D eigenvalue weighted by molar-refractivity contribution is 9.10. The van der Waals surface area contributed by atoms with E-state index >= 15 is 0 Å². The van der Waals surface area contributed by atoms with Gasteiger partial charge in [-0.1, -0.05) is 63.9 Å². The molecule has 0 aliphatic carbocycles. The van der Waals surface area contributed by atoms with Crippen molar-refractivity contribution in [2.45, 2.75) is 11.8 Å². The smallest absolute Gasteiger partial charge is 0.0553 e. The van der Waals surface area contributed by atoms with Gasteiger partial charge >= 0.3 is 0 Å². The predicted octanol–water partition coefficient (Wildman–Crippen LogP) is 3.57. The number of benzene rings is 2. The monoisotopic (exact) mass is 354 g/mol. The minimum Gasteiger partial charge on any atom is -0.395 e. The molecule has 2 nitrogen and oxygen atoms in total. The highest BCUT2D eigenvalue weighted by atomic mass is 79.9. The van der Waals surface area contributed by atoms with Gasteiger partial charge in [0.05, 0.1) is 13.2 Å². The van der Waals surface area contributed by atoms with Crippen LogP contribution in [0, 0.1) is 0 Å². The molecule has 2 aromatic rings. The lowest BCUT2D eigenvalue weighted by atomic mass is 9.77. The lowest BCUT2D eigenvalue weighted by Gasteiger charge is -2.32. The Morgan fingerprint density at radius 3 is 2.15 bits per heavy atom. The maximum absolute atomic E-state index is 9.88. The van der Waals surface area contributed by atoms with Crippen molar-refractivity contribution in [2.24, 2.45) is 0 Å². The summed E-state index contributed by atoms with van der Waals surface area (Å²) in [5.74, 6) is 0. The van der Waals surface area contributed by atoms with Crippen LogP contribution in [-0.4, -0.2) is 23.4 Å². The zero-order chi connectivity index (χ0) is 14.6. The van der Waals surface area contributed by atoms with Gasteiger partial charge in [-0.05, 0) is 29.7 Å². The van der Waals surface area contributed by atoms with Crippen molar-refractivity contribution in [3.63, 3.8) is 0 Å². The zero-order valence-electron chi connectivity index (χ0n) is 10.9. The SMILES string of the molecule is OCC(CO)(Cc1ccccc1Cl)c1ccccc1Br. The molecule has 0 fully saturated rings. The predicted molar refractivity (Wildman–Crippen MR) is 85.1 cm³/mol.